The average molecular weight is 418 g/mol. The Bertz CT molecular complexity index is 1250. The van der Waals surface area contributed by atoms with Gasteiger partial charge in [0, 0.05) is 41.1 Å². The molecule has 0 bridgehead atoms. The van der Waals surface area contributed by atoms with Crippen LogP contribution in [0.15, 0.2) is 48.7 Å². The van der Waals surface area contributed by atoms with Gasteiger partial charge in [0.2, 0.25) is 5.91 Å². The normalized spacial score (nSPS) is 15.7. The molecule has 6 nitrogen and oxygen atoms in total. The Labute approximate surface area is 181 Å². The summed E-state index contributed by atoms with van der Waals surface area (Å²) in [6, 6.07) is 14.2. The summed E-state index contributed by atoms with van der Waals surface area (Å²) >= 11 is 0. The fraction of sp³-hybridized carbons (Fsp3) is 0.320. The molecule has 0 saturated carbocycles. The van der Waals surface area contributed by atoms with Crippen LogP contribution in [0.5, 0.6) is 11.5 Å². The van der Waals surface area contributed by atoms with Gasteiger partial charge >= 0.3 is 0 Å². The lowest BCUT2D eigenvalue weighted by molar-refractivity contribution is -0.122. The van der Waals surface area contributed by atoms with Crippen molar-refractivity contribution in [3.05, 3.63) is 59.9 Å². The predicted molar refractivity (Wildman–Crippen MR) is 122 cm³/mol. The van der Waals surface area contributed by atoms with E-state index in [0.29, 0.717) is 13.0 Å². The second kappa shape index (κ2) is 8.02. The first-order chi connectivity index (χ1) is 15.2. The van der Waals surface area contributed by atoms with Crippen LogP contribution >= 0.6 is 0 Å². The van der Waals surface area contributed by atoms with Crippen molar-refractivity contribution in [1.82, 2.24) is 14.9 Å². The number of nitrogens with zero attached hydrogens (tertiary/aromatic N) is 1. The third kappa shape index (κ3) is 3.52. The van der Waals surface area contributed by atoms with Crippen LogP contribution < -0.4 is 14.8 Å². The van der Waals surface area contributed by atoms with E-state index < -0.39 is 0 Å². The van der Waals surface area contributed by atoms with Crippen molar-refractivity contribution in [2.24, 2.45) is 0 Å². The Morgan fingerprint density at radius 2 is 2.06 bits per heavy atom. The molecule has 1 aliphatic carbocycles. The molecule has 1 aliphatic rings. The van der Waals surface area contributed by atoms with Gasteiger partial charge in [-0.2, -0.15) is 0 Å². The van der Waals surface area contributed by atoms with E-state index >= 15 is 0 Å². The topological polar surface area (TPSA) is 68.3 Å². The van der Waals surface area contributed by atoms with E-state index in [1.54, 1.807) is 14.2 Å². The Morgan fingerprint density at radius 1 is 1.16 bits per heavy atom. The predicted octanol–water partition coefficient (Wildman–Crippen LogP) is 4.72. The van der Waals surface area contributed by atoms with Gasteiger partial charge in [-0.1, -0.05) is 6.07 Å². The van der Waals surface area contributed by atoms with Gasteiger partial charge in [-0.15, -0.1) is 0 Å². The van der Waals surface area contributed by atoms with Crippen LogP contribution in [0.4, 0.5) is 0 Å². The molecule has 1 atom stereocenters. The highest BCUT2D eigenvalue weighted by molar-refractivity contribution is 5.88. The van der Waals surface area contributed by atoms with Crippen molar-refractivity contribution in [2.75, 3.05) is 14.2 Å². The summed E-state index contributed by atoms with van der Waals surface area (Å²) in [5, 5.41) is 5.52. The zero-order valence-corrected chi connectivity index (χ0v) is 17.9. The number of aryl methyl sites for hydroxylation is 2. The molecule has 4 aromatic rings. The fourth-order valence-electron chi connectivity index (χ4n) is 4.77. The van der Waals surface area contributed by atoms with Crippen molar-refractivity contribution in [1.29, 1.82) is 0 Å². The molecule has 0 spiro atoms. The van der Waals surface area contributed by atoms with Crippen LogP contribution in [0.25, 0.3) is 21.8 Å². The molecule has 160 valence electrons. The number of carbonyl (C=O) groups excluding carboxylic acids is 1. The number of hydrogen-bond donors (Lipinski definition) is 2. The number of hydrogen-bond acceptors (Lipinski definition) is 3. The maximum absolute atomic E-state index is 12.8. The number of aromatic nitrogens is 2. The third-order valence-electron chi connectivity index (χ3n) is 6.32. The minimum Gasteiger partial charge on any atom is -0.497 e. The van der Waals surface area contributed by atoms with Gasteiger partial charge in [0.25, 0.3) is 0 Å². The lowest BCUT2D eigenvalue weighted by Crippen LogP contribution is -2.31. The summed E-state index contributed by atoms with van der Waals surface area (Å²) in [7, 11) is 3.37. The molecule has 1 unspecified atom stereocenters. The maximum atomic E-state index is 12.8. The van der Waals surface area contributed by atoms with E-state index in [4.69, 9.17) is 9.47 Å². The fourth-order valence-corrected chi connectivity index (χ4v) is 4.77. The Kier molecular flexibility index (Phi) is 5.06. The number of H-pyrrole nitrogens is 1. The van der Waals surface area contributed by atoms with Crippen LogP contribution in [0.2, 0.25) is 0 Å². The van der Waals surface area contributed by atoms with Crippen LogP contribution in [0.1, 0.15) is 36.6 Å². The van der Waals surface area contributed by atoms with Gasteiger partial charge in [0.1, 0.15) is 11.5 Å². The van der Waals surface area contributed by atoms with Crippen molar-refractivity contribution in [2.45, 2.75) is 38.3 Å². The molecule has 31 heavy (non-hydrogen) atoms. The quantitative estimate of drug-likeness (QED) is 0.477. The lowest BCUT2D eigenvalue weighted by Gasteiger charge is -2.24. The summed E-state index contributed by atoms with van der Waals surface area (Å²) in [6.45, 7) is 0.631. The van der Waals surface area contributed by atoms with Gasteiger partial charge in [0.05, 0.1) is 25.8 Å². The average Bonchev–Trinajstić information content (AvgIpc) is 3.39. The SMILES string of the molecule is COc1ccc2[nH]c3c(c2c1)CCCC3NC(=O)CCn1ccc2c(OC)cccc21. The summed E-state index contributed by atoms with van der Waals surface area (Å²) in [5.41, 5.74) is 4.62. The maximum Gasteiger partial charge on any atom is 0.222 e. The monoisotopic (exact) mass is 417 g/mol. The summed E-state index contributed by atoms with van der Waals surface area (Å²) in [6.07, 6.45) is 5.48. The molecule has 5 rings (SSSR count). The Hall–Kier alpha value is -3.41. The number of nitrogens with one attached hydrogen (secondary N) is 2. The van der Waals surface area contributed by atoms with Gasteiger partial charge in [-0.25, -0.2) is 0 Å². The highest BCUT2D eigenvalue weighted by Crippen LogP contribution is 2.36. The summed E-state index contributed by atoms with van der Waals surface area (Å²) < 4.78 is 12.9. The molecule has 0 radical (unpaired) electrons. The molecular formula is C25H27N3O3. The minimum atomic E-state index is 0.0242. The van der Waals surface area contributed by atoms with Crippen LogP contribution in [-0.4, -0.2) is 29.7 Å². The second-order valence-corrected chi connectivity index (χ2v) is 8.09. The van der Waals surface area contributed by atoms with E-state index in [1.165, 1.54) is 10.9 Å². The largest absolute Gasteiger partial charge is 0.497 e. The summed E-state index contributed by atoms with van der Waals surface area (Å²) in [4.78, 5) is 16.3. The van der Waals surface area contributed by atoms with Crippen molar-refractivity contribution in [3.63, 3.8) is 0 Å². The Morgan fingerprint density at radius 3 is 2.90 bits per heavy atom. The zero-order chi connectivity index (χ0) is 21.4. The number of amides is 1. The molecule has 2 aromatic heterocycles. The number of rotatable bonds is 6. The minimum absolute atomic E-state index is 0.0242. The lowest BCUT2D eigenvalue weighted by atomic mass is 9.91. The molecule has 2 N–H and O–H groups in total. The van der Waals surface area contributed by atoms with Crippen molar-refractivity contribution < 1.29 is 14.3 Å². The summed E-state index contributed by atoms with van der Waals surface area (Å²) in [5.74, 6) is 1.78. The van der Waals surface area contributed by atoms with Crippen molar-refractivity contribution >= 4 is 27.7 Å². The molecule has 6 heteroatoms. The second-order valence-electron chi connectivity index (χ2n) is 8.09. The standard InChI is InChI=1S/C25H27N3O3/c1-30-16-9-10-20-19(15-16)17-5-3-6-21(25(17)27-20)26-24(29)12-14-28-13-11-18-22(28)7-4-8-23(18)31-2/h4,7-11,13,15,21,27H,3,5-6,12,14H2,1-2H3,(H,26,29). The van der Waals surface area contributed by atoms with Crippen LogP contribution in [0.3, 0.4) is 0 Å². The van der Waals surface area contributed by atoms with Gasteiger partial charge in [-0.3, -0.25) is 4.79 Å². The number of aromatic amines is 1. The molecule has 0 aliphatic heterocycles. The zero-order valence-electron chi connectivity index (χ0n) is 17.9. The third-order valence-corrected chi connectivity index (χ3v) is 6.32. The number of methoxy groups -OCH3 is 2. The van der Waals surface area contributed by atoms with E-state index in [-0.39, 0.29) is 11.9 Å². The van der Waals surface area contributed by atoms with Gasteiger partial charge < -0.3 is 24.3 Å². The number of fused-ring (bicyclic) bond motifs is 4. The van der Waals surface area contributed by atoms with E-state index in [9.17, 15) is 4.79 Å². The van der Waals surface area contributed by atoms with Crippen molar-refractivity contribution in [3.8, 4) is 11.5 Å². The van der Waals surface area contributed by atoms with Crippen LogP contribution in [0, 0.1) is 0 Å². The van der Waals surface area contributed by atoms with E-state index in [0.717, 1.165) is 52.9 Å². The van der Waals surface area contributed by atoms with Gasteiger partial charge in [-0.05, 0) is 61.2 Å². The first kappa shape index (κ1) is 19.5. The smallest absolute Gasteiger partial charge is 0.222 e. The molecule has 1 amide bonds. The molecule has 0 saturated heterocycles. The first-order valence-electron chi connectivity index (χ1n) is 10.8. The highest BCUT2D eigenvalue weighted by atomic mass is 16.5. The van der Waals surface area contributed by atoms with E-state index in [2.05, 4.69) is 33.1 Å². The number of carbonyl (C=O) groups is 1. The number of ether oxygens (including phenoxy) is 2. The molecule has 0 fully saturated rings. The molecule has 2 heterocycles. The Balaban J connectivity index is 1.31. The highest BCUT2D eigenvalue weighted by Gasteiger charge is 2.25. The van der Waals surface area contributed by atoms with E-state index in [1.807, 2.05) is 30.5 Å². The van der Waals surface area contributed by atoms with Gasteiger partial charge in [0.15, 0.2) is 0 Å². The number of benzene rings is 2. The van der Waals surface area contributed by atoms with Crippen LogP contribution in [-0.2, 0) is 17.8 Å². The molecular weight excluding hydrogens is 390 g/mol. The molecule has 2 aromatic carbocycles. The first-order valence-corrected chi connectivity index (χ1v) is 10.8.